The van der Waals surface area contributed by atoms with Crippen LogP contribution < -0.4 is 16.6 Å². The van der Waals surface area contributed by atoms with Crippen LogP contribution in [0.4, 0.5) is 10.1 Å². The largest absolute Gasteiger partial charge is 0.481 e. The lowest BCUT2D eigenvalue weighted by molar-refractivity contribution is -0.137. The minimum absolute atomic E-state index is 0.0227. The van der Waals surface area contributed by atoms with Gasteiger partial charge in [0.25, 0.3) is 5.56 Å². The number of fused-ring (bicyclic) bond motifs is 1. The van der Waals surface area contributed by atoms with Crippen LogP contribution in [-0.4, -0.2) is 36.1 Å². The quantitative estimate of drug-likeness (QED) is 0.327. The molecule has 0 aliphatic rings. The van der Waals surface area contributed by atoms with Crippen molar-refractivity contribution < 1.29 is 19.1 Å². The monoisotopic (exact) mass is 493 g/mol. The maximum absolute atomic E-state index is 14.3. The molecular formula is C25H24FN5O5. The Hall–Kier alpha value is -4.54. The molecule has 3 N–H and O–H groups in total. The molecule has 0 bridgehead atoms. The molecule has 4 rings (SSSR count). The van der Waals surface area contributed by atoms with E-state index in [1.165, 1.54) is 29.7 Å². The second-order valence-corrected chi connectivity index (χ2v) is 8.35. The number of rotatable bonds is 9. The molecule has 2 aromatic carbocycles. The Morgan fingerprint density at radius 1 is 1.08 bits per heavy atom. The van der Waals surface area contributed by atoms with Gasteiger partial charge in [0.2, 0.25) is 5.91 Å². The summed E-state index contributed by atoms with van der Waals surface area (Å²) >= 11 is 0. The number of carbonyl (C=O) groups is 2. The lowest BCUT2D eigenvalue weighted by Gasteiger charge is -2.11. The zero-order chi connectivity index (χ0) is 25.8. The molecule has 0 unspecified atom stereocenters. The number of aliphatic carboxylic acids is 1. The van der Waals surface area contributed by atoms with Gasteiger partial charge in [-0.1, -0.05) is 30.3 Å². The van der Waals surface area contributed by atoms with Crippen molar-refractivity contribution in [2.24, 2.45) is 0 Å². The number of carbonyl (C=O) groups excluding carboxylic acids is 1. The fourth-order valence-electron chi connectivity index (χ4n) is 3.93. The van der Waals surface area contributed by atoms with Crippen molar-refractivity contribution in [3.8, 4) is 0 Å². The molecule has 4 aromatic rings. The van der Waals surface area contributed by atoms with Gasteiger partial charge in [-0.15, -0.1) is 0 Å². The van der Waals surface area contributed by atoms with Crippen LogP contribution in [0.1, 0.15) is 36.7 Å². The van der Waals surface area contributed by atoms with Gasteiger partial charge in [-0.25, -0.2) is 14.2 Å². The van der Waals surface area contributed by atoms with Crippen molar-refractivity contribution in [2.75, 3.05) is 5.32 Å². The Morgan fingerprint density at radius 3 is 2.47 bits per heavy atom. The number of carboxylic acid groups (broad SMARTS) is 1. The highest BCUT2D eigenvalue weighted by Crippen LogP contribution is 2.15. The minimum atomic E-state index is -1.01. The number of carboxylic acids is 1. The molecule has 0 aliphatic carbocycles. The Labute approximate surface area is 204 Å². The summed E-state index contributed by atoms with van der Waals surface area (Å²) in [4.78, 5) is 56.2. The molecule has 0 atom stereocenters. The highest BCUT2D eigenvalue weighted by Gasteiger charge is 2.19. The highest BCUT2D eigenvalue weighted by molar-refractivity contribution is 5.88. The summed E-state index contributed by atoms with van der Waals surface area (Å²) in [5.74, 6) is -1.32. The van der Waals surface area contributed by atoms with E-state index < -0.39 is 23.0 Å². The molecule has 10 nitrogen and oxygen atoms in total. The average Bonchev–Trinajstić information content (AvgIpc) is 3.24. The van der Waals surface area contributed by atoms with E-state index in [-0.39, 0.29) is 48.6 Å². The number of H-pyrrole nitrogens is 1. The molecule has 0 spiro atoms. The lowest BCUT2D eigenvalue weighted by atomic mass is 10.1. The SMILES string of the molecule is CC(=O)Nc1ccc(Cc2nc3c([nH]2)c(=O)n(Cc2ccccc2F)c(=O)n3CCCC(=O)O)cc1. The van der Waals surface area contributed by atoms with Gasteiger partial charge in [-0.3, -0.25) is 23.5 Å². The van der Waals surface area contributed by atoms with Crippen LogP contribution in [0.15, 0.2) is 58.1 Å². The topological polar surface area (TPSA) is 139 Å². The van der Waals surface area contributed by atoms with Crippen LogP contribution in [-0.2, 0) is 29.1 Å². The van der Waals surface area contributed by atoms with Crippen LogP contribution in [0.3, 0.4) is 0 Å². The van der Waals surface area contributed by atoms with E-state index in [2.05, 4.69) is 15.3 Å². The number of halogens is 1. The van der Waals surface area contributed by atoms with E-state index in [9.17, 15) is 23.6 Å². The molecule has 11 heteroatoms. The second-order valence-electron chi connectivity index (χ2n) is 8.35. The number of hydrogen-bond donors (Lipinski definition) is 3. The second kappa shape index (κ2) is 10.4. The molecule has 2 aromatic heterocycles. The van der Waals surface area contributed by atoms with Crippen molar-refractivity contribution in [2.45, 2.75) is 39.3 Å². The number of anilines is 1. The number of aryl methyl sites for hydroxylation is 1. The summed E-state index contributed by atoms with van der Waals surface area (Å²) in [5.41, 5.74) is 0.503. The smallest absolute Gasteiger partial charge is 0.333 e. The van der Waals surface area contributed by atoms with Gasteiger partial charge in [0.1, 0.15) is 17.2 Å². The Kier molecular flexibility index (Phi) is 7.09. The van der Waals surface area contributed by atoms with Crippen LogP contribution >= 0.6 is 0 Å². The fraction of sp³-hybridized carbons (Fsp3) is 0.240. The number of benzene rings is 2. The number of hydrogen-bond acceptors (Lipinski definition) is 5. The molecule has 0 fully saturated rings. The lowest BCUT2D eigenvalue weighted by Crippen LogP contribution is -2.40. The fourth-order valence-corrected chi connectivity index (χ4v) is 3.93. The Balaban J connectivity index is 1.74. The number of aromatic amines is 1. The first-order valence-corrected chi connectivity index (χ1v) is 11.3. The van der Waals surface area contributed by atoms with Crippen LogP contribution in [0, 0.1) is 5.82 Å². The van der Waals surface area contributed by atoms with Crippen molar-refractivity contribution in [1.29, 1.82) is 0 Å². The van der Waals surface area contributed by atoms with Crippen LogP contribution in [0.25, 0.3) is 11.2 Å². The predicted molar refractivity (Wildman–Crippen MR) is 131 cm³/mol. The van der Waals surface area contributed by atoms with E-state index in [1.54, 1.807) is 30.3 Å². The van der Waals surface area contributed by atoms with Gasteiger partial charge in [-0.05, 0) is 30.2 Å². The molecule has 2 heterocycles. The van der Waals surface area contributed by atoms with Crippen LogP contribution in [0.2, 0.25) is 0 Å². The predicted octanol–water partition coefficient (Wildman–Crippen LogP) is 2.49. The Morgan fingerprint density at radius 2 is 1.81 bits per heavy atom. The van der Waals surface area contributed by atoms with Crippen molar-refractivity contribution >= 4 is 28.7 Å². The van der Waals surface area contributed by atoms with E-state index in [1.807, 2.05) is 0 Å². The number of nitrogens with one attached hydrogen (secondary N) is 2. The maximum Gasteiger partial charge on any atom is 0.333 e. The van der Waals surface area contributed by atoms with Gasteiger partial charge >= 0.3 is 11.7 Å². The van der Waals surface area contributed by atoms with Crippen molar-refractivity contribution in [3.05, 3.63) is 92.1 Å². The molecule has 186 valence electrons. The minimum Gasteiger partial charge on any atom is -0.481 e. The summed E-state index contributed by atoms with van der Waals surface area (Å²) in [7, 11) is 0. The molecular weight excluding hydrogens is 469 g/mol. The van der Waals surface area contributed by atoms with Crippen molar-refractivity contribution in [3.63, 3.8) is 0 Å². The molecule has 0 saturated carbocycles. The third kappa shape index (κ3) is 5.40. The van der Waals surface area contributed by atoms with Gasteiger partial charge < -0.3 is 15.4 Å². The van der Waals surface area contributed by atoms with E-state index in [0.29, 0.717) is 17.9 Å². The number of aromatic nitrogens is 4. The standard InChI is InChI=1S/C25H24FN5O5/c1-15(32)27-18-10-8-16(9-11-18)13-20-28-22-23(29-20)30(12-4-7-21(33)34)25(36)31(24(22)35)14-17-5-2-3-6-19(17)26/h2-3,5-6,8-11H,4,7,12-14H2,1H3,(H,27,32)(H,28,29)(H,33,34). The molecule has 1 amide bonds. The number of imidazole rings is 1. The van der Waals surface area contributed by atoms with E-state index in [0.717, 1.165) is 10.1 Å². The summed E-state index contributed by atoms with van der Waals surface area (Å²) in [6.07, 6.45) is 0.290. The zero-order valence-corrected chi connectivity index (χ0v) is 19.5. The third-order valence-corrected chi connectivity index (χ3v) is 5.61. The van der Waals surface area contributed by atoms with E-state index in [4.69, 9.17) is 5.11 Å². The van der Waals surface area contributed by atoms with Crippen molar-refractivity contribution in [1.82, 2.24) is 19.1 Å². The van der Waals surface area contributed by atoms with E-state index >= 15 is 0 Å². The Bertz CT molecular complexity index is 1550. The molecule has 0 saturated heterocycles. The zero-order valence-electron chi connectivity index (χ0n) is 19.5. The average molecular weight is 493 g/mol. The summed E-state index contributed by atoms with van der Waals surface area (Å²) in [5, 5.41) is 11.7. The molecule has 36 heavy (non-hydrogen) atoms. The van der Waals surface area contributed by atoms with Gasteiger partial charge in [0.15, 0.2) is 5.65 Å². The molecule has 0 radical (unpaired) electrons. The first-order valence-electron chi connectivity index (χ1n) is 11.3. The first kappa shape index (κ1) is 24.6. The van der Waals surface area contributed by atoms with Crippen LogP contribution in [0.5, 0.6) is 0 Å². The normalized spacial score (nSPS) is 11.1. The summed E-state index contributed by atoms with van der Waals surface area (Å²) in [6, 6.07) is 12.9. The number of amides is 1. The van der Waals surface area contributed by atoms with Gasteiger partial charge in [-0.2, -0.15) is 0 Å². The number of nitrogens with zero attached hydrogens (tertiary/aromatic N) is 3. The maximum atomic E-state index is 14.3. The summed E-state index contributed by atoms with van der Waals surface area (Å²) < 4.78 is 16.4. The summed E-state index contributed by atoms with van der Waals surface area (Å²) in [6.45, 7) is 1.16. The molecule has 0 aliphatic heterocycles. The first-order chi connectivity index (χ1) is 17.2. The third-order valence-electron chi connectivity index (χ3n) is 5.61. The van der Waals surface area contributed by atoms with Gasteiger partial charge in [0, 0.05) is 37.6 Å². The highest BCUT2D eigenvalue weighted by atomic mass is 19.1. The van der Waals surface area contributed by atoms with Gasteiger partial charge in [0.05, 0.1) is 6.54 Å².